The molecular formula is C9H19NSi. The number of hydrogen-bond acceptors (Lipinski definition) is 1. The maximum atomic E-state index is 5.77. The largest absolute Gasteiger partial charge is 0.318 e. The first-order valence-electron chi connectivity index (χ1n) is 4.11. The van der Waals surface area contributed by atoms with Crippen molar-refractivity contribution in [1.29, 1.82) is 0 Å². The van der Waals surface area contributed by atoms with Crippen molar-refractivity contribution in [1.82, 2.24) is 0 Å². The van der Waals surface area contributed by atoms with Gasteiger partial charge in [0.1, 0.15) is 8.07 Å². The van der Waals surface area contributed by atoms with Gasteiger partial charge in [-0.2, -0.15) is 0 Å². The van der Waals surface area contributed by atoms with Gasteiger partial charge in [0.25, 0.3) is 0 Å². The number of hydrogen-bond donors (Lipinski definition) is 1. The van der Waals surface area contributed by atoms with E-state index in [1.165, 1.54) is 0 Å². The van der Waals surface area contributed by atoms with Crippen LogP contribution >= 0.6 is 0 Å². The van der Waals surface area contributed by atoms with E-state index in [1.807, 2.05) is 0 Å². The molecule has 64 valence electrons. The van der Waals surface area contributed by atoms with Crippen molar-refractivity contribution in [2.45, 2.75) is 39.5 Å². The highest BCUT2D eigenvalue weighted by atomic mass is 28.3. The van der Waals surface area contributed by atoms with E-state index in [4.69, 9.17) is 5.73 Å². The van der Waals surface area contributed by atoms with Gasteiger partial charge >= 0.3 is 0 Å². The molecule has 0 aliphatic rings. The molecule has 0 fully saturated rings. The van der Waals surface area contributed by atoms with E-state index in [-0.39, 0.29) is 6.04 Å². The molecule has 0 bridgehead atoms. The van der Waals surface area contributed by atoms with Crippen LogP contribution in [0.2, 0.25) is 19.6 Å². The second kappa shape index (κ2) is 3.94. The Bertz CT molecular complexity index is 168. The van der Waals surface area contributed by atoms with E-state index in [0.29, 0.717) is 5.92 Å². The molecule has 0 amide bonds. The smallest absolute Gasteiger partial charge is 0.129 e. The monoisotopic (exact) mass is 169 g/mol. The van der Waals surface area contributed by atoms with Gasteiger partial charge < -0.3 is 5.73 Å². The molecule has 0 unspecified atom stereocenters. The van der Waals surface area contributed by atoms with Gasteiger partial charge in [-0.05, 0) is 5.92 Å². The van der Waals surface area contributed by atoms with Crippen molar-refractivity contribution < 1.29 is 0 Å². The minimum Gasteiger partial charge on any atom is -0.318 e. The van der Waals surface area contributed by atoms with E-state index < -0.39 is 8.07 Å². The molecule has 0 heterocycles. The van der Waals surface area contributed by atoms with Crippen LogP contribution < -0.4 is 5.73 Å². The summed E-state index contributed by atoms with van der Waals surface area (Å²) in [5, 5.41) is 0. The Morgan fingerprint density at radius 3 is 1.91 bits per heavy atom. The normalized spacial score (nSPS) is 14.1. The summed E-state index contributed by atoms with van der Waals surface area (Å²) in [4.78, 5) is 0. The maximum Gasteiger partial charge on any atom is 0.129 e. The number of rotatable bonds is 1. The third-order valence-corrected chi connectivity index (χ3v) is 2.23. The van der Waals surface area contributed by atoms with Gasteiger partial charge in [-0.1, -0.05) is 39.4 Å². The Morgan fingerprint density at radius 1 is 1.18 bits per heavy atom. The summed E-state index contributed by atoms with van der Waals surface area (Å²) in [6.07, 6.45) is 0. The second-order valence-electron chi connectivity index (χ2n) is 4.29. The van der Waals surface area contributed by atoms with E-state index in [0.717, 1.165) is 0 Å². The molecule has 0 radical (unpaired) electrons. The van der Waals surface area contributed by atoms with Gasteiger partial charge in [0.2, 0.25) is 0 Å². The molecule has 2 N–H and O–H groups in total. The summed E-state index contributed by atoms with van der Waals surface area (Å²) in [7, 11) is -1.21. The number of nitrogens with two attached hydrogens (primary N) is 1. The average molecular weight is 169 g/mol. The van der Waals surface area contributed by atoms with Crippen LogP contribution in [0.1, 0.15) is 13.8 Å². The molecule has 0 aromatic heterocycles. The lowest BCUT2D eigenvalue weighted by molar-refractivity contribution is 0.585. The molecule has 0 aromatic rings. The third-order valence-electron chi connectivity index (χ3n) is 1.33. The third kappa shape index (κ3) is 6.15. The lowest BCUT2D eigenvalue weighted by Gasteiger charge is -2.09. The summed E-state index contributed by atoms with van der Waals surface area (Å²) in [5.41, 5.74) is 9.04. The van der Waals surface area contributed by atoms with Crippen molar-refractivity contribution in [3.8, 4) is 11.5 Å². The molecule has 0 saturated carbocycles. The van der Waals surface area contributed by atoms with Crippen LogP contribution in [0.5, 0.6) is 0 Å². The minimum absolute atomic E-state index is 0.0572. The fraction of sp³-hybridized carbons (Fsp3) is 0.778. The molecule has 0 aliphatic carbocycles. The van der Waals surface area contributed by atoms with Gasteiger partial charge in [-0.3, -0.25) is 0 Å². The zero-order valence-corrected chi connectivity index (χ0v) is 9.23. The summed E-state index contributed by atoms with van der Waals surface area (Å²) in [6, 6.07) is 0.0572. The van der Waals surface area contributed by atoms with Gasteiger partial charge in [-0.15, -0.1) is 5.54 Å². The fourth-order valence-electron chi connectivity index (χ4n) is 0.467. The van der Waals surface area contributed by atoms with Crippen LogP contribution in [0, 0.1) is 17.4 Å². The molecule has 0 aliphatic heterocycles. The van der Waals surface area contributed by atoms with Crippen LogP contribution in [0.25, 0.3) is 0 Å². The Balaban J connectivity index is 4.08. The zero-order valence-electron chi connectivity index (χ0n) is 8.23. The summed E-state index contributed by atoms with van der Waals surface area (Å²) in [6.45, 7) is 10.9. The van der Waals surface area contributed by atoms with Crippen LogP contribution in [0.15, 0.2) is 0 Å². The van der Waals surface area contributed by atoms with Crippen molar-refractivity contribution in [3.63, 3.8) is 0 Å². The van der Waals surface area contributed by atoms with Gasteiger partial charge in [0, 0.05) is 0 Å². The first-order chi connectivity index (χ1) is 4.83. The molecule has 0 aromatic carbocycles. The van der Waals surface area contributed by atoms with Crippen molar-refractivity contribution >= 4 is 8.07 Å². The fourth-order valence-corrected chi connectivity index (χ4v) is 1.07. The quantitative estimate of drug-likeness (QED) is 0.470. The van der Waals surface area contributed by atoms with E-state index >= 15 is 0 Å². The van der Waals surface area contributed by atoms with Crippen LogP contribution in [0.4, 0.5) is 0 Å². The lowest BCUT2D eigenvalue weighted by atomic mass is 10.1. The van der Waals surface area contributed by atoms with E-state index in [1.54, 1.807) is 0 Å². The molecule has 1 nitrogen and oxygen atoms in total. The average Bonchev–Trinajstić information content (AvgIpc) is 1.80. The SMILES string of the molecule is CC(C)[C@H](N)C#C[Si](C)(C)C. The predicted molar refractivity (Wildman–Crippen MR) is 53.9 cm³/mol. The Labute approximate surface area is 71.4 Å². The predicted octanol–water partition coefficient (Wildman–Crippen LogP) is 1.85. The van der Waals surface area contributed by atoms with Gasteiger partial charge in [0.15, 0.2) is 0 Å². The summed E-state index contributed by atoms with van der Waals surface area (Å²) in [5.74, 6) is 3.58. The topological polar surface area (TPSA) is 26.0 Å². The molecule has 0 spiro atoms. The molecular weight excluding hydrogens is 150 g/mol. The standard InChI is InChI=1S/C9H19NSi/c1-8(2)9(10)6-7-11(3,4)5/h8-9H,10H2,1-5H3/t9-/m1/s1. The lowest BCUT2D eigenvalue weighted by Crippen LogP contribution is -2.26. The van der Waals surface area contributed by atoms with Crippen molar-refractivity contribution in [3.05, 3.63) is 0 Å². The first-order valence-corrected chi connectivity index (χ1v) is 7.61. The van der Waals surface area contributed by atoms with Gasteiger partial charge in [0.05, 0.1) is 6.04 Å². The Hall–Kier alpha value is -0.263. The summed E-state index contributed by atoms with van der Waals surface area (Å²) >= 11 is 0. The Kier molecular flexibility index (Phi) is 3.84. The van der Waals surface area contributed by atoms with E-state index in [9.17, 15) is 0 Å². The zero-order chi connectivity index (χ0) is 9.07. The highest BCUT2D eigenvalue weighted by molar-refractivity contribution is 6.83. The minimum atomic E-state index is -1.21. The van der Waals surface area contributed by atoms with E-state index in [2.05, 4.69) is 45.0 Å². The molecule has 11 heavy (non-hydrogen) atoms. The van der Waals surface area contributed by atoms with Crippen LogP contribution in [-0.2, 0) is 0 Å². The highest BCUT2D eigenvalue weighted by Gasteiger charge is 2.09. The molecule has 0 rings (SSSR count). The van der Waals surface area contributed by atoms with Crippen LogP contribution in [-0.4, -0.2) is 14.1 Å². The molecule has 1 atom stereocenters. The maximum absolute atomic E-state index is 5.77. The molecule has 2 heteroatoms. The first kappa shape index (κ1) is 10.7. The second-order valence-corrected chi connectivity index (χ2v) is 9.04. The van der Waals surface area contributed by atoms with Crippen LogP contribution in [0.3, 0.4) is 0 Å². The Morgan fingerprint density at radius 2 is 1.64 bits per heavy atom. The van der Waals surface area contributed by atoms with Crippen molar-refractivity contribution in [2.24, 2.45) is 11.7 Å². The van der Waals surface area contributed by atoms with Gasteiger partial charge in [-0.25, -0.2) is 0 Å². The van der Waals surface area contributed by atoms with Crippen molar-refractivity contribution in [2.75, 3.05) is 0 Å². The summed E-state index contributed by atoms with van der Waals surface area (Å²) < 4.78 is 0. The highest BCUT2D eigenvalue weighted by Crippen LogP contribution is 1.99. The molecule has 0 saturated heterocycles.